The van der Waals surface area contributed by atoms with Gasteiger partial charge in [0.25, 0.3) is 0 Å². The molecule has 0 heterocycles. The van der Waals surface area contributed by atoms with E-state index in [1.165, 1.54) is 16.7 Å². The minimum Gasteiger partial charge on any atom is -0.378 e. The number of nitrogens with one attached hydrogen (secondary N) is 2. The summed E-state index contributed by atoms with van der Waals surface area (Å²) in [6.07, 6.45) is 0.832. The van der Waals surface area contributed by atoms with Crippen LogP contribution >= 0.6 is 0 Å². The Bertz CT molecular complexity index is 663. The van der Waals surface area contributed by atoms with Gasteiger partial charge in [-0.05, 0) is 55.7 Å². The molecule has 122 valence electrons. The van der Waals surface area contributed by atoms with E-state index in [2.05, 4.69) is 42.7 Å². The number of nitrogens with zero attached hydrogens (tertiary/aromatic N) is 1. The van der Waals surface area contributed by atoms with Crippen molar-refractivity contribution in [2.75, 3.05) is 30.9 Å². The van der Waals surface area contributed by atoms with Crippen molar-refractivity contribution in [3.63, 3.8) is 0 Å². The molecule has 2 aromatic carbocycles. The van der Waals surface area contributed by atoms with Crippen molar-refractivity contribution in [3.05, 3.63) is 59.2 Å². The summed E-state index contributed by atoms with van der Waals surface area (Å²) in [6, 6.07) is 14.0. The lowest BCUT2D eigenvalue weighted by molar-refractivity contribution is 0.252. The number of amides is 2. The lowest BCUT2D eigenvalue weighted by atomic mass is 10.0. The van der Waals surface area contributed by atoms with Gasteiger partial charge in [-0.2, -0.15) is 0 Å². The predicted molar refractivity (Wildman–Crippen MR) is 97.4 cm³/mol. The molecule has 0 fully saturated rings. The molecule has 0 bridgehead atoms. The van der Waals surface area contributed by atoms with Crippen LogP contribution in [0.5, 0.6) is 0 Å². The molecule has 0 radical (unpaired) electrons. The first-order valence-electron chi connectivity index (χ1n) is 7.84. The minimum atomic E-state index is -0.174. The van der Waals surface area contributed by atoms with E-state index in [1.807, 2.05) is 43.3 Å². The summed E-state index contributed by atoms with van der Waals surface area (Å²) in [6.45, 7) is 4.81. The van der Waals surface area contributed by atoms with Gasteiger partial charge in [0.2, 0.25) is 0 Å². The quantitative estimate of drug-likeness (QED) is 0.883. The van der Waals surface area contributed by atoms with Crippen molar-refractivity contribution < 1.29 is 4.79 Å². The lowest BCUT2D eigenvalue weighted by Crippen LogP contribution is -2.30. The highest BCUT2D eigenvalue weighted by molar-refractivity contribution is 5.89. The first kappa shape index (κ1) is 16.9. The van der Waals surface area contributed by atoms with Crippen LogP contribution in [0.1, 0.15) is 16.7 Å². The smallest absolute Gasteiger partial charge is 0.319 e. The second-order valence-electron chi connectivity index (χ2n) is 6.00. The second-order valence-corrected chi connectivity index (χ2v) is 6.00. The lowest BCUT2D eigenvalue weighted by Gasteiger charge is -2.13. The molecule has 2 N–H and O–H groups in total. The molecule has 0 saturated heterocycles. The Balaban J connectivity index is 1.80. The highest BCUT2D eigenvalue weighted by Gasteiger charge is 2.03. The number of hydrogen-bond donors (Lipinski definition) is 2. The number of urea groups is 1. The van der Waals surface area contributed by atoms with E-state index >= 15 is 0 Å². The fourth-order valence-corrected chi connectivity index (χ4v) is 2.46. The van der Waals surface area contributed by atoms with Crippen LogP contribution in [0.2, 0.25) is 0 Å². The number of carbonyl (C=O) groups is 1. The Morgan fingerprint density at radius 2 is 1.74 bits per heavy atom. The van der Waals surface area contributed by atoms with Crippen molar-refractivity contribution in [2.45, 2.75) is 20.3 Å². The van der Waals surface area contributed by atoms with Gasteiger partial charge in [0, 0.05) is 32.0 Å². The average molecular weight is 311 g/mol. The van der Waals surface area contributed by atoms with Gasteiger partial charge >= 0.3 is 6.03 Å². The molecule has 0 atom stereocenters. The third-order valence-electron chi connectivity index (χ3n) is 3.82. The Morgan fingerprint density at radius 1 is 1.04 bits per heavy atom. The van der Waals surface area contributed by atoms with Crippen LogP contribution in [0.15, 0.2) is 42.5 Å². The van der Waals surface area contributed by atoms with Crippen molar-refractivity contribution in [1.29, 1.82) is 0 Å². The Hall–Kier alpha value is -2.49. The molecule has 0 aliphatic carbocycles. The van der Waals surface area contributed by atoms with Crippen LogP contribution < -0.4 is 15.5 Å². The molecule has 0 aliphatic heterocycles. The largest absolute Gasteiger partial charge is 0.378 e. The number of aryl methyl sites for hydroxylation is 2. The van der Waals surface area contributed by atoms with Gasteiger partial charge in [0.1, 0.15) is 0 Å². The van der Waals surface area contributed by atoms with E-state index in [4.69, 9.17) is 0 Å². The Labute approximate surface area is 138 Å². The van der Waals surface area contributed by atoms with E-state index in [9.17, 15) is 4.79 Å². The maximum atomic E-state index is 11.9. The van der Waals surface area contributed by atoms with Crippen molar-refractivity contribution in [3.8, 4) is 0 Å². The van der Waals surface area contributed by atoms with Gasteiger partial charge in [-0.25, -0.2) is 4.79 Å². The monoisotopic (exact) mass is 311 g/mol. The maximum absolute atomic E-state index is 11.9. The predicted octanol–water partition coefficient (Wildman–Crippen LogP) is 3.73. The Morgan fingerprint density at radius 3 is 2.35 bits per heavy atom. The standard InChI is InChI=1S/C19H25N3O/c1-14-5-6-16(15(2)13-14)11-12-20-19(23)21-17-7-9-18(10-8-17)22(3)4/h5-10,13H,11-12H2,1-4H3,(H2,20,21,23). The van der Waals surface area contributed by atoms with Crippen LogP contribution in [-0.4, -0.2) is 26.7 Å². The summed E-state index contributed by atoms with van der Waals surface area (Å²) in [5.41, 5.74) is 5.70. The van der Waals surface area contributed by atoms with Gasteiger partial charge in [0.15, 0.2) is 0 Å². The summed E-state index contributed by atoms with van der Waals surface area (Å²) < 4.78 is 0. The molecule has 23 heavy (non-hydrogen) atoms. The molecule has 0 saturated carbocycles. The second kappa shape index (κ2) is 7.68. The number of anilines is 2. The summed E-state index contributed by atoms with van der Waals surface area (Å²) in [4.78, 5) is 13.9. The molecule has 0 spiro atoms. The van der Waals surface area contributed by atoms with Crippen LogP contribution in [-0.2, 0) is 6.42 Å². The van der Waals surface area contributed by atoms with Gasteiger partial charge in [0.05, 0.1) is 0 Å². The zero-order valence-electron chi connectivity index (χ0n) is 14.3. The van der Waals surface area contributed by atoms with Gasteiger partial charge in [-0.1, -0.05) is 23.8 Å². The highest BCUT2D eigenvalue weighted by atomic mass is 16.2. The van der Waals surface area contributed by atoms with Crippen LogP contribution in [0.25, 0.3) is 0 Å². The molecule has 2 amide bonds. The third-order valence-corrected chi connectivity index (χ3v) is 3.82. The van der Waals surface area contributed by atoms with Crippen LogP contribution in [0.4, 0.5) is 16.2 Å². The zero-order valence-corrected chi connectivity index (χ0v) is 14.3. The summed E-state index contributed by atoms with van der Waals surface area (Å²) in [5.74, 6) is 0. The molecule has 2 aromatic rings. The summed E-state index contributed by atoms with van der Waals surface area (Å²) in [7, 11) is 3.98. The van der Waals surface area contributed by atoms with Gasteiger partial charge in [-0.3, -0.25) is 0 Å². The normalized spacial score (nSPS) is 10.3. The SMILES string of the molecule is Cc1ccc(CCNC(=O)Nc2ccc(N(C)C)cc2)c(C)c1. The first-order valence-corrected chi connectivity index (χ1v) is 7.84. The third kappa shape index (κ3) is 5.02. The molecular formula is C19H25N3O. The number of rotatable bonds is 5. The summed E-state index contributed by atoms with van der Waals surface area (Å²) >= 11 is 0. The molecule has 0 aromatic heterocycles. The van der Waals surface area contributed by atoms with Crippen molar-refractivity contribution in [2.24, 2.45) is 0 Å². The molecular weight excluding hydrogens is 286 g/mol. The van der Waals surface area contributed by atoms with Crippen LogP contribution in [0, 0.1) is 13.8 Å². The molecule has 2 rings (SSSR count). The first-order chi connectivity index (χ1) is 11.0. The van der Waals surface area contributed by atoms with Crippen molar-refractivity contribution in [1.82, 2.24) is 5.32 Å². The fourth-order valence-electron chi connectivity index (χ4n) is 2.46. The van der Waals surface area contributed by atoms with E-state index in [-0.39, 0.29) is 6.03 Å². The highest BCUT2D eigenvalue weighted by Crippen LogP contribution is 2.15. The Kier molecular flexibility index (Phi) is 5.63. The molecule has 0 unspecified atom stereocenters. The minimum absolute atomic E-state index is 0.174. The van der Waals surface area contributed by atoms with E-state index < -0.39 is 0 Å². The molecule has 4 heteroatoms. The maximum Gasteiger partial charge on any atom is 0.319 e. The van der Waals surface area contributed by atoms with Gasteiger partial charge < -0.3 is 15.5 Å². The van der Waals surface area contributed by atoms with Gasteiger partial charge in [-0.15, -0.1) is 0 Å². The summed E-state index contributed by atoms with van der Waals surface area (Å²) in [5, 5.41) is 5.75. The molecule has 0 aliphatic rings. The average Bonchev–Trinajstić information content (AvgIpc) is 2.50. The molecule has 4 nitrogen and oxygen atoms in total. The number of hydrogen-bond acceptors (Lipinski definition) is 2. The van der Waals surface area contributed by atoms with E-state index in [0.717, 1.165) is 17.8 Å². The van der Waals surface area contributed by atoms with Crippen LogP contribution in [0.3, 0.4) is 0 Å². The van der Waals surface area contributed by atoms with E-state index in [1.54, 1.807) is 0 Å². The topological polar surface area (TPSA) is 44.4 Å². The number of benzene rings is 2. The number of carbonyl (C=O) groups excluding carboxylic acids is 1. The van der Waals surface area contributed by atoms with Crippen molar-refractivity contribution >= 4 is 17.4 Å². The zero-order chi connectivity index (χ0) is 16.8. The van der Waals surface area contributed by atoms with E-state index in [0.29, 0.717) is 6.54 Å². The fraction of sp³-hybridized carbons (Fsp3) is 0.316.